The van der Waals surface area contributed by atoms with E-state index in [1.807, 2.05) is 130 Å². The molecule has 0 bridgehead atoms. The molecular weight excluding hydrogens is 587 g/mol. The van der Waals surface area contributed by atoms with Gasteiger partial charge in [0, 0.05) is 37.8 Å². The van der Waals surface area contributed by atoms with E-state index in [9.17, 15) is 0 Å². The molecule has 0 saturated heterocycles. The van der Waals surface area contributed by atoms with Crippen molar-refractivity contribution in [2.24, 2.45) is 0 Å². The third-order valence-electron chi connectivity index (χ3n) is 4.77. The van der Waals surface area contributed by atoms with E-state index < -0.39 is 0 Å². The van der Waals surface area contributed by atoms with Crippen LogP contribution in [0.3, 0.4) is 0 Å². The second-order valence-corrected chi connectivity index (χ2v) is 6.83. The molecule has 0 saturated carbocycles. The van der Waals surface area contributed by atoms with Crippen molar-refractivity contribution in [3.05, 3.63) is 137 Å². The standard InChI is InChI=1S/C13H10N2.C12H10N3.2CH3.Ir/c1-2-7-12(8-3-1)15-10-11-6-4-5-9-13(11)14-15;1-2-6-11(7-3-1)15-10-14-9-5-4-8-12(14)13-15;;;/h2*1-10H;2*1H3;/q;+1;2*-1;. The van der Waals surface area contributed by atoms with Crippen molar-refractivity contribution in [2.45, 2.75) is 0 Å². The molecule has 33 heavy (non-hydrogen) atoms. The summed E-state index contributed by atoms with van der Waals surface area (Å²) in [6.07, 6.45) is 6.00. The van der Waals surface area contributed by atoms with Crippen LogP contribution in [-0.2, 0) is 20.1 Å². The number of pyridine rings is 1. The average molecular weight is 613 g/mol. The summed E-state index contributed by atoms with van der Waals surface area (Å²) in [4.78, 5) is 0. The molecule has 0 aliphatic carbocycles. The maximum absolute atomic E-state index is 4.50. The maximum atomic E-state index is 4.50. The van der Waals surface area contributed by atoms with E-state index in [0.29, 0.717) is 0 Å². The van der Waals surface area contributed by atoms with Crippen molar-refractivity contribution < 1.29 is 24.5 Å². The predicted octanol–water partition coefficient (Wildman–Crippen LogP) is 5.53. The Morgan fingerprint density at radius 3 is 1.79 bits per heavy atom. The Bertz CT molecular complexity index is 1220. The van der Waals surface area contributed by atoms with Crippen LogP contribution in [0.15, 0.2) is 122 Å². The molecule has 0 N–H and O–H groups in total. The van der Waals surface area contributed by atoms with Gasteiger partial charge in [0.1, 0.15) is 5.69 Å². The summed E-state index contributed by atoms with van der Waals surface area (Å²) in [5.74, 6) is 0. The van der Waals surface area contributed by atoms with Gasteiger partial charge in [-0.3, -0.25) is 0 Å². The number of benzene rings is 3. The van der Waals surface area contributed by atoms with Crippen LogP contribution in [0, 0.1) is 14.9 Å². The van der Waals surface area contributed by atoms with Gasteiger partial charge < -0.3 is 14.9 Å². The number of nitrogens with zero attached hydrogens (tertiary/aromatic N) is 5. The number of hydrogen-bond acceptors (Lipinski definition) is 2. The minimum atomic E-state index is 0. The van der Waals surface area contributed by atoms with Crippen molar-refractivity contribution in [3.63, 3.8) is 0 Å². The SMILES string of the molecule is [CH3-].[CH3-].[Ir].c1ccc(-n2c[n+]3ccccc3n2)cc1.c1ccc(-n2cc3ccccc3n2)cc1. The molecule has 0 fully saturated rings. The topological polar surface area (TPSA) is 39.7 Å². The molecule has 0 unspecified atom stereocenters. The van der Waals surface area contributed by atoms with Gasteiger partial charge in [-0.15, -0.1) is 0 Å². The molecule has 6 heteroatoms. The molecule has 6 aromatic rings. The Labute approximate surface area is 208 Å². The molecule has 169 valence electrons. The average Bonchev–Trinajstić information content (AvgIpc) is 3.45. The zero-order chi connectivity index (χ0) is 20.2. The summed E-state index contributed by atoms with van der Waals surface area (Å²) >= 11 is 0. The Hall–Kier alpha value is -3.60. The van der Waals surface area contributed by atoms with Gasteiger partial charge in [0.25, 0.3) is 0 Å². The molecule has 0 atom stereocenters. The Morgan fingerprint density at radius 1 is 0.576 bits per heavy atom. The molecule has 3 aromatic carbocycles. The largest absolute Gasteiger partial charge is 0.358 e. The van der Waals surface area contributed by atoms with Crippen LogP contribution < -0.4 is 4.40 Å². The summed E-state index contributed by atoms with van der Waals surface area (Å²) < 4.78 is 5.77. The Morgan fingerprint density at radius 2 is 1.15 bits per heavy atom. The van der Waals surface area contributed by atoms with Crippen LogP contribution in [-0.4, -0.2) is 19.6 Å². The molecule has 3 heterocycles. The molecule has 0 spiro atoms. The first-order chi connectivity index (χ1) is 14.9. The first-order valence-electron chi connectivity index (χ1n) is 9.78. The van der Waals surface area contributed by atoms with Crippen molar-refractivity contribution in [2.75, 3.05) is 0 Å². The summed E-state index contributed by atoms with van der Waals surface area (Å²) in [5, 5.41) is 10.1. The van der Waals surface area contributed by atoms with E-state index in [0.717, 1.165) is 22.5 Å². The third kappa shape index (κ3) is 5.80. The van der Waals surface area contributed by atoms with E-state index >= 15 is 0 Å². The summed E-state index contributed by atoms with van der Waals surface area (Å²) in [6.45, 7) is 0. The first kappa shape index (κ1) is 25.7. The van der Waals surface area contributed by atoms with Crippen molar-refractivity contribution in [1.82, 2.24) is 19.6 Å². The van der Waals surface area contributed by atoms with Gasteiger partial charge >= 0.3 is 5.65 Å². The van der Waals surface area contributed by atoms with E-state index in [1.165, 1.54) is 5.39 Å². The molecule has 0 aliphatic heterocycles. The van der Waals surface area contributed by atoms with Crippen molar-refractivity contribution in [1.29, 1.82) is 0 Å². The Balaban J connectivity index is 0.000000214. The molecule has 0 amide bonds. The second kappa shape index (κ2) is 11.9. The van der Waals surface area contributed by atoms with Gasteiger partial charge in [-0.1, -0.05) is 65.3 Å². The molecule has 5 nitrogen and oxygen atoms in total. The first-order valence-corrected chi connectivity index (χ1v) is 9.78. The van der Waals surface area contributed by atoms with Crippen molar-refractivity contribution >= 4 is 16.6 Å². The van der Waals surface area contributed by atoms with E-state index in [1.54, 1.807) is 0 Å². The summed E-state index contributed by atoms with van der Waals surface area (Å²) in [6, 6.07) is 34.3. The van der Waals surface area contributed by atoms with Gasteiger partial charge in [-0.2, -0.15) is 5.10 Å². The Kier molecular flexibility index (Phi) is 9.22. The van der Waals surface area contributed by atoms with Crippen LogP contribution in [0.2, 0.25) is 0 Å². The van der Waals surface area contributed by atoms with Gasteiger partial charge in [-0.25, -0.2) is 9.08 Å². The quantitative estimate of drug-likeness (QED) is 0.191. The van der Waals surface area contributed by atoms with Crippen LogP contribution in [0.1, 0.15) is 0 Å². The molecule has 3 aromatic heterocycles. The van der Waals surface area contributed by atoms with Gasteiger partial charge in [0.05, 0.1) is 22.5 Å². The van der Waals surface area contributed by atoms with Gasteiger partial charge in [-0.05, 0) is 36.4 Å². The molecule has 6 rings (SSSR count). The van der Waals surface area contributed by atoms with Crippen LogP contribution in [0.5, 0.6) is 0 Å². The smallest absolute Gasteiger partial charge is 0.306 e. The molecular formula is C27H26IrN5-. The van der Waals surface area contributed by atoms with Gasteiger partial charge in [0.15, 0.2) is 0 Å². The predicted molar refractivity (Wildman–Crippen MR) is 131 cm³/mol. The minimum absolute atomic E-state index is 0. The minimum Gasteiger partial charge on any atom is -0.358 e. The number of fused-ring (bicyclic) bond motifs is 2. The maximum Gasteiger partial charge on any atom is 0.306 e. The molecule has 0 aliphatic rings. The third-order valence-corrected chi connectivity index (χ3v) is 4.77. The summed E-state index contributed by atoms with van der Waals surface area (Å²) in [5.41, 5.74) is 4.14. The number of hydrogen-bond donors (Lipinski definition) is 0. The zero-order valence-electron chi connectivity index (χ0n) is 18.6. The fourth-order valence-corrected chi connectivity index (χ4v) is 3.27. The second-order valence-electron chi connectivity index (χ2n) is 6.83. The van der Waals surface area contributed by atoms with Crippen molar-refractivity contribution in [3.8, 4) is 11.4 Å². The normalized spacial score (nSPS) is 9.70. The number of aromatic nitrogens is 5. The fourth-order valence-electron chi connectivity index (χ4n) is 3.27. The van der Waals surface area contributed by atoms with E-state index in [4.69, 9.17) is 0 Å². The monoisotopic (exact) mass is 613 g/mol. The van der Waals surface area contributed by atoms with Crippen LogP contribution in [0.25, 0.3) is 27.9 Å². The van der Waals surface area contributed by atoms with E-state index in [-0.39, 0.29) is 35.0 Å². The van der Waals surface area contributed by atoms with Crippen LogP contribution >= 0.6 is 0 Å². The number of rotatable bonds is 2. The van der Waals surface area contributed by atoms with Gasteiger partial charge in [0.2, 0.25) is 6.33 Å². The zero-order valence-corrected chi connectivity index (χ0v) is 21.0. The summed E-state index contributed by atoms with van der Waals surface area (Å²) in [7, 11) is 0. The fraction of sp³-hybridized carbons (Fsp3) is 0. The van der Waals surface area contributed by atoms with Crippen LogP contribution in [0.4, 0.5) is 0 Å². The number of para-hydroxylation sites is 2. The molecule has 1 radical (unpaired) electrons. The van der Waals surface area contributed by atoms with E-state index in [2.05, 4.69) is 16.3 Å².